The van der Waals surface area contributed by atoms with Crippen LogP contribution in [-0.2, 0) is 5.41 Å². The van der Waals surface area contributed by atoms with E-state index in [1.165, 1.54) is 23.5 Å². The first-order valence-corrected chi connectivity index (χ1v) is 14.5. The molecule has 1 saturated heterocycles. The largest absolute Gasteiger partial charge is 0.455 e. The third-order valence-electron chi connectivity index (χ3n) is 7.85. The Balaban J connectivity index is 1.37. The Kier molecular flexibility index (Phi) is 7.34. The molecule has 0 atom stereocenters. The highest BCUT2D eigenvalue weighted by Crippen LogP contribution is 2.52. The van der Waals surface area contributed by atoms with Gasteiger partial charge in [0.15, 0.2) is 5.75 Å². The fourth-order valence-corrected chi connectivity index (χ4v) is 6.59. The van der Waals surface area contributed by atoms with E-state index < -0.39 is 17.4 Å². The monoisotopic (exact) mass is 600 g/mol. The number of benzene rings is 3. The number of rotatable bonds is 9. The molecule has 5 aromatic rings. The molecule has 0 amide bonds. The number of anilines is 1. The highest BCUT2D eigenvalue weighted by atomic mass is 32.1. The van der Waals surface area contributed by atoms with E-state index in [4.69, 9.17) is 4.74 Å². The Morgan fingerprint density at radius 3 is 2.52 bits per heavy atom. The van der Waals surface area contributed by atoms with Crippen LogP contribution in [-0.4, -0.2) is 53.6 Å². The minimum absolute atomic E-state index is 0.171. The first-order valence-electron chi connectivity index (χ1n) is 13.6. The second-order valence-electron chi connectivity index (χ2n) is 11.1. The fourth-order valence-electron chi connectivity index (χ4n) is 5.31. The van der Waals surface area contributed by atoms with E-state index in [1.54, 1.807) is 18.3 Å². The molecule has 0 saturated carbocycles. The molecule has 11 heteroatoms. The average molecular weight is 601 g/mol. The SMILES string of the molecule is CC(C)(c1cc(F)ccc1-c1sc2c(ccc3[nH]ncc32)c1Oc1ccc(NC2CN(CCCF)C2)cc1)C(F)(F)F. The van der Waals surface area contributed by atoms with Gasteiger partial charge in [-0.05, 0) is 79.9 Å². The molecular weight excluding hydrogens is 571 g/mol. The molecule has 0 radical (unpaired) electrons. The normalized spacial score (nSPS) is 14.9. The van der Waals surface area contributed by atoms with Crippen LogP contribution >= 0.6 is 11.3 Å². The molecule has 5 nitrogen and oxygen atoms in total. The minimum atomic E-state index is -4.61. The standard InChI is InChI=1S/C31H29F5N4OS/c1-30(2,31(34,35)36)25-14-18(33)4-9-22(25)29-27(23-10-11-26-24(15-37-39-26)28(23)42-29)41-21-7-5-19(6-8-21)38-20-16-40(17-20)13-3-12-32/h4-11,14-15,20,38H,3,12-13,16-17H2,1-2H3,(H,37,39). The van der Waals surface area contributed by atoms with Crippen molar-refractivity contribution in [1.82, 2.24) is 15.1 Å². The summed E-state index contributed by atoms with van der Waals surface area (Å²) in [5, 5.41) is 12.0. The summed E-state index contributed by atoms with van der Waals surface area (Å²) in [4.78, 5) is 2.66. The maximum Gasteiger partial charge on any atom is 0.397 e. The van der Waals surface area contributed by atoms with Gasteiger partial charge in [-0.2, -0.15) is 18.3 Å². The van der Waals surface area contributed by atoms with Crippen molar-refractivity contribution < 1.29 is 26.7 Å². The molecule has 1 aliphatic rings. The predicted molar refractivity (Wildman–Crippen MR) is 157 cm³/mol. The molecule has 0 spiro atoms. The predicted octanol–water partition coefficient (Wildman–Crippen LogP) is 8.67. The zero-order valence-electron chi connectivity index (χ0n) is 23.0. The number of nitrogens with one attached hydrogen (secondary N) is 2. The second kappa shape index (κ2) is 10.9. The molecule has 42 heavy (non-hydrogen) atoms. The maximum absolute atomic E-state index is 14.4. The molecule has 0 unspecified atom stereocenters. The number of ether oxygens (including phenoxy) is 1. The summed E-state index contributed by atoms with van der Waals surface area (Å²) in [5.41, 5.74) is -0.547. The van der Waals surface area contributed by atoms with Gasteiger partial charge in [0.05, 0.1) is 34.7 Å². The molecule has 2 N–H and O–H groups in total. The minimum Gasteiger partial charge on any atom is -0.455 e. The van der Waals surface area contributed by atoms with Crippen LogP contribution in [0.25, 0.3) is 31.4 Å². The Labute approximate surface area is 243 Å². The van der Waals surface area contributed by atoms with E-state index in [0.29, 0.717) is 28.2 Å². The van der Waals surface area contributed by atoms with E-state index in [9.17, 15) is 22.0 Å². The van der Waals surface area contributed by atoms with Gasteiger partial charge in [0, 0.05) is 40.8 Å². The third kappa shape index (κ3) is 5.20. The van der Waals surface area contributed by atoms with Crippen molar-refractivity contribution in [3.8, 4) is 21.9 Å². The van der Waals surface area contributed by atoms with E-state index >= 15 is 0 Å². The Morgan fingerprint density at radius 1 is 1.05 bits per heavy atom. The van der Waals surface area contributed by atoms with Gasteiger partial charge in [0.25, 0.3) is 0 Å². The number of hydrogen-bond donors (Lipinski definition) is 2. The summed E-state index contributed by atoms with van der Waals surface area (Å²) in [6.07, 6.45) is -2.40. The van der Waals surface area contributed by atoms with Crippen LogP contribution in [0.5, 0.6) is 11.5 Å². The second-order valence-corrected chi connectivity index (χ2v) is 12.1. The summed E-state index contributed by atoms with van der Waals surface area (Å²) in [5.74, 6) is 0.157. The van der Waals surface area contributed by atoms with Gasteiger partial charge in [0.1, 0.15) is 11.6 Å². The Hall–Kier alpha value is -3.70. The molecule has 0 aliphatic carbocycles. The summed E-state index contributed by atoms with van der Waals surface area (Å²) >= 11 is 1.29. The molecule has 0 bridgehead atoms. The van der Waals surface area contributed by atoms with E-state index in [-0.39, 0.29) is 23.8 Å². The number of alkyl halides is 4. The summed E-state index contributed by atoms with van der Waals surface area (Å²) < 4.78 is 76.7. The van der Waals surface area contributed by atoms with Crippen LogP contribution < -0.4 is 10.1 Å². The van der Waals surface area contributed by atoms with Gasteiger partial charge in [0.2, 0.25) is 0 Å². The van der Waals surface area contributed by atoms with Gasteiger partial charge in [-0.15, -0.1) is 11.3 Å². The number of thiophene rings is 1. The van der Waals surface area contributed by atoms with Crippen LogP contribution in [0.2, 0.25) is 0 Å². The lowest BCUT2D eigenvalue weighted by Crippen LogP contribution is -2.54. The Morgan fingerprint density at radius 2 is 1.81 bits per heavy atom. The number of aromatic nitrogens is 2. The van der Waals surface area contributed by atoms with Crippen molar-refractivity contribution in [3.63, 3.8) is 0 Å². The average Bonchev–Trinajstić information content (AvgIpc) is 3.55. The van der Waals surface area contributed by atoms with Crippen molar-refractivity contribution in [3.05, 3.63) is 72.2 Å². The summed E-state index contributed by atoms with van der Waals surface area (Å²) in [6, 6.07) is 14.9. The lowest BCUT2D eigenvalue weighted by molar-refractivity contribution is -0.180. The fraction of sp³-hybridized carbons (Fsp3) is 0.323. The third-order valence-corrected chi connectivity index (χ3v) is 9.10. The van der Waals surface area contributed by atoms with E-state index in [0.717, 1.165) is 60.8 Å². The van der Waals surface area contributed by atoms with Crippen molar-refractivity contribution in [2.45, 2.75) is 37.9 Å². The number of fused-ring (bicyclic) bond motifs is 3. The van der Waals surface area contributed by atoms with Crippen LogP contribution in [0, 0.1) is 5.82 Å². The first kappa shape index (κ1) is 28.4. The highest BCUT2D eigenvalue weighted by Gasteiger charge is 2.50. The maximum atomic E-state index is 14.4. The topological polar surface area (TPSA) is 53.2 Å². The lowest BCUT2D eigenvalue weighted by Gasteiger charge is -2.40. The quantitative estimate of drug-likeness (QED) is 0.166. The molecule has 1 aliphatic heterocycles. The van der Waals surface area contributed by atoms with Crippen LogP contribution in [0.15, 0.2) is 60.8 Å². The van der Waals surface area contributed by atoms with Gasteiger partial charge in [-0.1, -0.05) is 6.07 Å². The smallest absolute Gasteiger partial charge is 0.397 e. The number of hydrogen-bond acceptors (Lipinski definition) is 5. The molecular formula is C31H29F5N4OS. The van der Waals surface area contributed by atoms with Gasteiger partial charge in [-0.3, -0.25) is 14.4 Å². The zero-order chi connectivity index (χ0) is 29.6. The molecule has 1 fully saturated rings. The van der Waals surface area contributed by atoms with Crippen LogP contribution in [0.3, 0.4) is 0 Å². The van der Waals surface area contributed by atoms with E-state index in [2.05, 4.69) is 20.4 Å². The van der Waals surface area contributed by atoms with Crippen LogP contribution in [0.4, 0.5) is 27.6 Å². The number of aromatic amines is 1. The molecule has 3 heterocycles. The van der Waals surface area contributed by atoms with Crippen molar-refractivity contribution >= 4 is 38.0 Å². The van der Waals surface area contributed by atoms with Gasteiger partial charge >= 0.3 is 6.18 Å². The number of likely N-dealkylation sites (tertiary alicyclic amines) is 1. The number of nitrogens with zero attached hydrogens (tertiary/aromatic N) is 2. The molecule has 2 aromatic heterocycles. The lowest BCUT2D eigenvalue weighted by atomic mass is 9.80. The van der Waals surface area contributed by atoms with Gasteiger partial charge < -0.3 is 10.1 Å². The highest BCUT2D eigenvalue weighted by molar-refractivity contribution is 7.23. The Bertz CT molecular complexity index is 1720. The first-order chi connectivity index (χ1) is 20.0. The van der Waals surface area contributed by atoms with Gasteiger partial charge in [-0.25, -0.2) is 4.39 Å². The van der Waals surface area contributed by atoms with E-state index in [1.807, 2.05) is 24.3 Å². The number of H-pyrrole nitrogens is 1. The molecule has 6 rings (SSSR count). The van der Waals surface area contributed by atoms with Crippen LogP contribution in [0.1, 0.15) is 25.8 Å². The summed E-state index contributed by atoms with van der Waals surface area (Å²) in [7, 11) is 0. The summed E-state index contributed by atoms with van der Waals surface area (Å²) in [6.45, 7) is 4.24. The zero-order valence-corrected chi connectivity index (χ0v) is 23.8. The van der Waals surface area contributed by atoms with Crippen molar-refractivity contribution in [2.75, 3.05) is 31.6 Å². The number of halogens is 5. The molecule has 220 valence electrons. The van der Waals surface area contributed by atoms with Crippen molar-refractivity contribution in [1.29, 1.82) is 0 Å². The van der Waals surface area contributed by atoms with Crippen molar-refractivity contribution in [2.24, 2.45) is 0 Å². The molecule has 3 aromatic carbocycles.